The molecule has 1 fully saturated rings. The molecule has 6 nitrogen and oxygen atoms in total. The standard InChI is InChI=1S/C21H37NO5Si/c1-10-12-25-20(24)15(4)26-13-16(11-2)18-17(19(23)22-18)14(3)27-28(8,9)21(5,6)7/h10-11,14-18H,1-2,12-13H2,3-9H3,(H,22,23)/t14-,15?,16+,17-,18+/m1/s1. The van der Waals surface area contributed by atoms with Crippen molar-refractivity contribution in [2.24, 2.45) is 11.8 Å². The molecule has 0 aromatic carbocycles. The van der Waals surface area contributed by atoms with Crippen molar-refractivity contribution >= 4 is 20.2 Å². The van der Waals surface area contributed by atoms with Gasteiger partial charge in [0.15, 0.2) is 14.4 Å². The highest BCUT2D eigenvalue weighted by Crippen LogP contribution is 2.39. The number of amides is 1. The number of hydrogen-bond acceptors (Lipinski definition) is 5. The summed E-state index contributed by atoms with van der Waals surface area (Å²) in [5.41, 5.74) is 0. The van der Waals surface area contributed by atoms with Crippen molar-refractivity contribution in [1.29, 1.82) is 0 Å². The summed E-state index contributed by atoms with van der Waals surface area (Å²) in [6, 6.07) is -0.124. The Morgan fingerprint density at radius 2 is 1.89 bits per heavy atom. The number of esters is 1. The summed E-state index contributed by atoms with van der Waals surface area (Å²) in [6.07, 6.45) is 2.38. The van der Waals surface area contributed by atoms with E-state index in [4.69, 9.17) is 13.9 Å². The zero-order valence-corrected chi connectivity index (χ0v) is 19.4. The summed E-state index contributed by atoms with van der Waals surface area (Å²) in [4.78, 5) is 24.1. The molecule has 1 unspecified atom stereocenters. The molecular weight excluding hydrogens is 374 g/mol. The normalized spacial score (nSPS) is 23.0. The highest BCUT2D eigenvalue weighted by atomic mass is 28.4. The molecule has 0 radical (unpaired) electrons. The predicted octanol–water partition coefficient (Wildman–Crippen LogP) is 3.45. The van der Waals surface area contributed by atoms with Crippen molar-refractivity contribution in [2.45, 2.75) is 71.0 Å². The van der Waals surface area contributed by atoms with Crippen LogP contribution in [-0.4, -0.2) is 51.7 Å². The Kier molecular flexibility index (Phi) is 8.65. The number of carbonyl (C=O) groups is 2. The lowest BCUT2D eigenvalue weighted by atomic mass is 9.78. The van der Waals surface area contributed by atoms with Crippen LogP contribution in [0.4, 0.5) is 0 Å². The van der Waals surface area contributed by atoms with Gasteiger partial charge in [0.25, 0.3) is 0 Å². The molecule has 1 N–H and O–H groups in total. The smallest absolute Gasteiger partial charge is 0.335 e. The first-order chi connectivity index (χ1) is 12.9. The van der Waals surface area contributed by atoms with Gasteiger partial charge >= 0.3 is 5.97 Å². The molecule has 7 heteroatoms. The Morgan fingerprint density at radius 1 is 1.29 bits per heavy atom. The van der Waals surface area contributed by atoms with Crippen LogP contribution in [0.25, 0.3) is 0 Å². The van der Waals surface area contributed by atoms with Crippen molar-refractivity contribution in [3.05, 3.63) is 25.3 Å². The second-order valence-electron chi connectivity index (χ2n) is 8.94. The minimum atomic E-state index is -1.99. The second kappa shape index (κ2) is 9.85. The molecule has 1 aliphatic heterocycles. The topological polar surface area (TPSA) is 73.9 Å². The summed E-state index contributed by atoms with van der Waals surface area (Å²) >= 11 is 0. The largest absolute Gasteiger partial charge is 0.460 e. The van der Waals surface area contributed by atoms with E-state index in [1.807, 2.05) is 6.92 Å². The van der Waals surface area contributed by atoms with Crippen LogP contribution >= 0.6 is 0 Å². The third-order valence-electron chi connectivity index (χ3n) is 5.77. The number of β-lactam (4-membered cyclic amide) rings is 1. The van der Waals surface area contributed by atoms with Crippen LogP contribution < -0.4 is 5.32 Å². The molecule has 0 spiro atoms. The first kappa shape index (κ1) is 24.6. The van der Waals surface area contributed by atoms with Crippen molar-refractivity contribution in [2.75, 3.05) is 13.2 Å². The van der Waals surface area contributed by atoms with Gasteiger partial charge in [0.1, 0.15) is 6.61 Å². The highest BCUT2D eigenvalue weighted by Gasteiger charge is 2.49. The van der Waals surface area contributed by atoms with Gasteiger partial charge < -0.3 is 19.2 Å². The molecule has 0 aromatic heterocycles. The van der Waals surface area contributed by atoms with E-state index in [-0.39, 0.29) is 48.1 Å². The van der Waals surface area contributed by atoms with Crippen LogP contribution in [-0.2, 0) is 23.5 Å². The number of hydrogen-bond donors (Lipinski definition) is 1. The maximum atomic E-state index is 12.3. The molecule has 28 heavy (non-hydrogen) atoms. The fourth-order valence-corrected chi connectivity index (χ4v) is 4.34. The molecule has 0 aromatic rings. The van der Waals surface area contributed by atoms with Gasteiger partial charge in [-0.15, -0.1) is 6.58 Å². The molecule has 1 amide bonds. The molecule has 1 aliphatic rings. The molecule has 160 valence electrons. The van der Waals surface area contributed by atoms with Crippen LogP contribution in [0.15, 0.2) is 25.3 Å². The van der Waals surface area contributed by atoms with E-state index < -0.39 is 20.4 Å². The number of rotatable bonds is 11. The lowest BCUT2D eigenvalue weighted by Crippen LogP contribution is -2.66. The maximum Gasteiger partial charge on any atom is 0.335 e. The van der Waals surface area contributed by atoms with E-state index in [0.29, 0.717) is 0 Å². The Labute approximate surface area is 170 Å². The lowest BCUT2D eigenvalue weighted by Gasteiger charge is -2.47. The zero-order chi connectivity index (χ0) is 21.7. The van der Waals surface area contributed by atoms with Crippen molar-refractivity contribution < 1.29 is 23.5 Å². The summed E-state index contributed by atoms with van der Waals surface area (Å²) in [7, 11) is -1.99. The van der Waals surface area contributed by atoms with E-state index in [1.54, 1.807) is 13.0 Å². The fraction of sp³-hybridized carbons (Fsp3) is 0.714. The van der Waals surface area contributed by atoms with Crippen LogP contribution in [0.3, 0.4) is 0 Å². The third-order valence-corrected chi connectivity index (χ3v) is 10.3. The van der Waals surface area contributed by atoms with Gasteiger partial charge in [0, 0.05) is 5.92 Å². The molecule has 0 saturated carbocycles. The lowest BCUT2D eigenvalue weighted by molar-refractivity contribution is -0.157. The second-order valence-corrected chi connectivity index (χ2v) is 13.7. The van der Waals surface area contributed by atoms with E-state index in [2.05, 4.69) is 52.3 Å². The van der Waals surface area contributed by atoms with E-state index in [0.717, 1.165) is 0 Å². The Hall–Kier alpha value is -1.44. The van der Waals surface area contributed by atoms with Crippen LogP contribution in [0.5, 0.6) is 0 Å². The summed E-state index contributed by atoms with van der Waals surface area (Å²) in [5.74, 6) is -0.834. The highest BCUT2D eigenvalue weighted by molar-refractivity contribution is 6.74. The van der Waals surface area contributed by atoms with E-state index in [9.17, 15) is 9.59 Å². The molecule has 5 atom stereocenters. The number of carbonyl (C=O) groups excluding carboxylic acids is 2. The average Bonchev–Trinajstić information content (AvgIpc) is 2.56. The molecule has 0 bridgehead atoms. The van der Waals surface area contributed by atoms with E-state index >= 15 is 0 Å². The number of ether oxygens (including phenoxy) is 2. The molecule has 1 heterocycles. The van der Waals surface area contributed by atoms with Crippen molar-refractivity contribution in [3.63, 3.8) is 0 Å². The van der Waals surface area contributed by atoms with Gasteiger partial charge in [-0.25, -0.2) is 4.79 Å². The maximum absolute atomic E-state index is 12.3. The minimum absolute atomic E-state index is 0.0125. The SMILES string of the molecule is C=CCOC(=O)C(C)OC[C@H](C=C)[C@@H]1NC(=O)[C@@H]1[C@@H](C)O[Si](C)(C)C(C)(C)C. The third kappa shape index (κ3) is 6.03. The zero-order valence-electron chi connectivity index (χ0n) is 18.4. The monoisotopic (exact) mass is 411 g/mol. The van der Waals surface area contributed by atoms with Gasteiger partial charge in [-0.05, 0) is 32.0 Å². The predicted molar refractivity (Wildman–Crippen MR) is 113 cm³/mol. The van der Waals surface area contributed by atoms with Crippen molar-refractivity contribution in [3.8, 4) is 0 Å². The van der Waals surface area contributed by atoms with Gasteiger partial charge in [0.2, 0.25) is 5.91 Å². The Bertz CT molecular complexity index is 584. The van der Waals surface area contributed by atoms with Crippen LogP contribution in [0.1, 0.15) is 34.6 Å². The molecule has 1 rings (SSSR count). The Morgan fingerprint density at radius 3 is 2.36 bits per heavy atom. The Balaban J connectivity index is 2.71. The number of nitrogens with one attached hydrogen (secondary N) is 1. The first-order valence-corrected chi connectivity index (χ1v) is 12.8. The molecule has 1 saturated heterocycles. The van der Waals surface area contributed by atoms with E-state index in [1.165, 1.54) is 6.08 Å². The van der Waals surface area contributed by atoms with Gasteiger partial charge in [0.05, 0.1) is 24.7 Å². The molecular formula is C21H37NO5Si. The minimum Gasteiger partial charge on any atom is -0.460 e. The summed E-state index contributed by atoms with van der Waals surface area (Å²) < 4.78 is 17.1. The molecule has 0 aliphatic carbocycles. The van der Waals surface area contributed by atoms with Crippen molar-refractivity contribution in [1.82, 2.24) is 5.32 Å². The first-order valence-electron chi connectivity index (χ1n) is 9.85. The summed E-state index contributed by atoms with van der Waals surface area (Å²) in [6.45, 7) is 22.3. The van der Waals surface area contributed by atoms with Gasteiger partial charge in [-0.3, -0.25) is 4.79 Å². The average molecular weight is 412 g/mol. The van der Waals surface area contributed by atoms with Gasteiger partial charge in [-0.1, -0.05) is 39.5 Å². The van der Waals surface area contributed by atoms with Gasteiger partial charge in [-0.2, -0.15) is 0 Å². The fourth-order valence-electron chi connectivity index (χ4n) is 2.91. The summed E-state index contributed by atoms with van der Waals surface area (Å²) in [5, 5.41) is 3.02. The quantitative estimate of drug-likeness (QED) is 0.244. The van der Waals surface area contributed by atoms with Crippen LogP contribution in [0.2, 0.25) is 18.1 Å². The van der Waals surface area contributed by atoms with Crippen LogP contribution in [0, 0.1) is 11.8 Å².